The number of methoxy groups -OCH3 is 2. The van der Waals surface area contributed by atoms with Gasteiger partial charge in [-0.15, -0.1) is 0 Å². The van der Waals surface area contributed by atoms with Crippen molar-refractivity contribution in [3.8, 4) is 11.5 Å². The third kappa shape index (κ3) is 8.46. The van der Waals surface area contributed by atoms with Crippen molar-refractivity contribution in [3.63, 3.8) is 0 Å². The summed E-state index contributed by atoms with van der Waals surface area (Å²) in [6.07, 6.45) is 1.40. The zero-order valence-electron chi connectivity index (χ0n) is 24.2. The van der Waals surface area contributed by atoms with Crippen LogP contribution in [0.5, 0.6) is 11.5 Å². The Kier molecular flexibility index (Phi) is 10.9. The fourth-order valence-corrected chi connectivity index (χ4v) is 7.78. The predicted molar refractivity (Wildman–Crippen MR) is 164 cm³/mol. The molecule has 4 atom stereocenters. The number of hydrogen-bond donors (Lipinski definition) is 1. The number of hydrogen-bond acceptors (Lipinski definition) is 7. The second-order valence-electron chi connectivity index (χ2n) is 10.3. The summed E-state index contributed by atoms with van der Waals surface area (Å²) < 4.78 is 32.3. The van der Waals surface area contributed by atoms with Crippen LogP contribution >= 0.6 is 0 Å². The number of rotatable bonds is 13. The first-order valence-electron chi connectivity index (χ1n) is 14.1. The summed E-state index contributed by atoms with van der Waals surface area (Å²) >= 11 is -0.00927. The van der Waals surface area contributed by atoms with Crippen LogP contribution in [0.1, 0.15) is 23.8 Å². The van der Waals surface area contributed by atoms with Crippen molar-refractivity contribution in [3.05, 3.63) is 123 Å². The summed E-state index contributed by atoms with van der Waals surface area (Å²) in [5.74, 6) is 1.61. The summed E-state index contributed by atoms with van der Waals surface area (Å²) in [4.78, 5) is 27.2. The third-order valence-electron chi connectivity index (χ3n) is 7.32. The molecule has 1 aliphatic rings. The zero-order chi connectivity index (χ0) is 30.0. The molecule has 1 aliphatic heterocycles. The molecule has 0 bridgehead atoms. The number of benzene rings is 3. The van der Waals surface area contributed by atoms with Crippen LogP contribution < -0.4 is 25.2 Å². The quantitative estimate of drug-likeness (QED) is 0.220. The molecule has 2 heterocycles. The molecular weight excluding hydrogens is 615 g/mol. The Bertz CT molecular complexity index is 1540. The van der Waals surface area contributed by atoms with Crippen LogP contribution in [0, 0.1) is 5.92 Å². The van der Waals surface area contributed by atoms with Gasteiger partial charge in [0, 0.05) is 0 Å². The van der Waals surface area contributed by atoms with Crippen molar-refractivity contribution in [2.24, 2.45) is 5.92 Å². The van der Waals surface area contributed by atoms with E-state index in [1.807, 2.05) is 66.7 Å². The number of aromatic amines is 1. The van der Waals surface area contributed by atoms with Crippen LogP contribution in [0.3, 0.4) is 0 Å². The number of nitrogens with one attached hydrogen (secondary N) is 1. The van der Waals surface area contributed by atoms with E-state index in [9.17, 15) is 9.59 Å². The summed E-state index contributed by atoms with van der Waals surface area (Å²) in [6, 6.07) is 27.2. The van der Waals surface area contributed by atoms with Gasteiger partial charge in [-0.2, -0.15) is 0 Å². The summed E-state index contributed by atoms with van der Waals surface area (Å²) in [7, 11) is 3.28. The topological polar surface area (TPSA) is 101 Å². The molecule has 3 aromatic carbocycles. The molecule has 4 aromatic rings. The molecule has 5 rings (SSSR count). The number of nitrogens with zero attached hydrogens (tertiary/aromatic N) is 1. The van der Waals surface area contributed by atoms with Gasteiger partial charge >= 0.3 is 250 Å². The van der Waals surface area contributed by atoms with Crippen LogP contribution in [0.15, 0.2) is 101 Å². The molecule has 1 saturated heterocycles. The van der Waals surface area contributed by atoms with Gasteiger partial charge in [-0.1, -0.05) is 0 Å². The standard InChI is InChI=1S/C33H36N2O7Se/c1-38-26-12-8-23(9-13-26)19-40-21-25-18-30(43-28-6-4-3-5-7-28)32(35-17-16-31(36)34-33(35)37)42-29(25)22-41-20-24-10-14-27(39-2)15-11-24/h3-17,25,29-30,32H,18-22H2,1-2H3,(H,34,36,37)/t25-,29-,30+,32+/m1/s1. The molecule has 0 saturated carbocycles. The van der Waals surface area contributed by atoms with Gasteiger partial charge in [0.15, 0.2) is 0 Å². The van der Waals surface area contributed by atoms with Crippen molar-refractivity contribution in [1.29, 1.82) is 0 Å². The number of aromatic nitrogens is 2. The normalized spacial score (nSPS) is 20.0. The van der Waals surface area contributed by atoms with E-state index in [0.29, 0.717) is 26.4 Å². The molecule has 43 heavy (non-hydrogen) atoms. The first kappa shape index (κ1) is 30.8. The van der Waals surface area contributed by atoms with Gasteiger partial charge < -0.3 is 0 Å². The van der Waals surface area contributed by atoms with Gasteiger partial charge in [0.1, 0.15) is 0 Å². The molecule has 1 aromatic heterocycles. The molecule has 0 aliphatic carbocycles. The Morgan fingerprint density at radius 1 is 0.814 bits per heavy atom. The van der Waals surface area contributed by atoms with Crippen LogP contribution in [-0.2, 0) is 27.4 Å². The van der Waals surface area contributed by atoms with E-state index in [4.69, 9.17) is 23.7 Å². The molecule has 0 amide bonds. The Morgan fingerprint density at radius 2 is 1.42 bits per heavy atom. The first-order valence-corrected chi connectivity index (χ1v) is 16.0. The Hall–Kier alpha value is -3.66. The van der Waals surface area contributed by atoms with E-state index in [2.05, 4.69) is 17.1 Å². The van der Waals surface area contributed by atoms with E-state index in [1.165, 1.54) is 21.3 Å². The number of ether oxygens (including phenoxy) is 5. The Morgan fingerprint density at radius 3 is 2.00 bits per heavy atom. The summed E-state index contributed by atoms with van der Waals surface area (Å²) in [5, 5.41) is 0. The molecule has 9 nitrogen and oxygen atoms in total. The van der Waals surface area contributed by atoms with Crippen LogP contribution in [-0.4, -0.2) is 58.0 Å². The summed E-state index contributed by atoms with van der Waals surface area (Å²) in [6.45, 7) is 1.65. The predicted octanol–water partition coefficient (Wildman–Crippen LogP) is 3.71. The SMILES string of the molecule is COc1ccc(COC[C@H]2C[C@H]([Se]c3ccccc3)[C@@H](n3ccc(=O)[nH]c3=O)O[C@@H]2COCc2ccc(OC)cc2)cc1. The van der Waals surface area contributed by atoms with E-state index in [1.54, 1.807) is 14.2 Å². The van der Waals surface area contributed by atoms with Gasteiger partial charge in [0.2, 0.25) is 0 Å². The zero-order valence-corrected chi connectivity index (χ0v) is 25.9. The molecule has 1 fully saturated rings. The maximum atomic E-state index is 12.9. The minimum atomic E-state index is -0.558. The van der Waals surface area contributed by atoms with Gasteiger partial charge in [-0.3, -0.25) is 0 Å². The molecule has 10 heteroatoms. The van der Waals surface area contributed by atoms with Crippen molar-refractivity contribution >= 4 is 19.4 Å². The Labute approximate surface area is 256 Å². The second-order valence-corrected chi connectivity index (χ2v) is 13.0. The molecule has 1 N–H and O–H groups in total. The van der Waals surface area contributed by atoms with Crippen molar-refractivity contribution in [1.82, 2.24) is 9.55 Å². The number of H-pyrrole nitrogens is 1. The van der Waals surface area contributed by atoms with E-state index < -0.39 is 17.5 Å². The van der Waals surface area contributed by atoms with Gasteiger partial charge in [0.05, 0.1) is 7.11 Å². The van der Waals surface area contributed by atoms with E-state index >= 15 is 0 Å². The average Bonchev–Trinajstić information content (AvgIpc) is 3.03. The van der Waals surface area contributed by atoms with Crippen LogP contribution in [0.2, 0.25) is 4.82 Å². The van der Waals surface area contributed by atoms with Gasteiger partial charge in [0.25, 0.3) is 0 Å². The monoisotopic (exact) mass is 652 g/mol. The molecule has 0 radical (unpaired) electrons. The molecule has 0 spiro atoms. The fraction of sp³-hybridized carbons (Fsp3) is 0.333. The Balaban J connectivity index is 1.35. The van der Waals surface area contributed by atoms with Crippen molar-refractivity contribution in [2.45, 2.75) is 36.8 Å². The van der Waals surface area contributed by atoms with E-state index in [0.717, 1.165) is 29.0 Å². The minimum absolute atomic E-state index is 0.00927. The van der Waals surface area contributed by atoms with Gasteiger partial charge in [-0.25, -0.2) is 0 Å². The fourth-order valence-electron chi connectivity index (χ4n) is 5.01. The van der Waals surface area contributed by atoms with Crippen LogP contribution in [0.25, 0.3) is 0 Å². The van der Waals surface area contributed by atoms with E-state index in [-0.39, 0.29) is 31.8 Å². The van der Waals surface area contributed by atoms with Crippen molar-refractivity contribution < 1.29 is 23.7 Å². The second kappa shape index (κ2) is 15.2. The van der Waals surface area contributed by atoms with Crippen LogP contribution in [0.4, 0.5) is 0 Å². The van der Waals surface area contributed by atoms with Gasteiger partial charge in [-0.05, 0) is 0 Å². The molecular formula is C33H36N2O7Se. The third-order valence-corrected chi connectivity index (χ3v) is 9.99. The maximum absolute atomic E-state index is 12.9. The first-order chi connectivity index (χ1) is 21.0. The van der Waals surface area contributed by atoms with Crippen molar-refractivity contribution in [2.75, 3.05) is 27.4 Å². The molecule has 226 valence electrons. The average molecular weight is 652 g/mol. The summed E-state index contributed by atoms with van der Waals surface area (Å²) in [5.41, 5.74) is 1.14. The molecule has 0 unspecified atom stereocenters.